The molecular formula is C16H20N2O8S. The monoisotopic (exact) mass is 400 g/mol. The molecule has 0 heterocycles. The number of carbonyl (C=O) groups is 2. The lowest BCUT2D eigenvalue weighted by Crippen LogP contribution is -2.40. The minimum atomic E-state index is -4.41. The van der Waals surface area contributed by atoms with Gasteiger partial charge in [-0.05, 0) is 37.7 Å². The molecule has 148 valence electrons. The number of sulfonamides is 1. The third-order valence-corrected chi connectivity index (χ3v) is 6.51. The Morgan fingerprint density at radius 3 is 2.26 bits per heavy atom. The van der Waals surface area contributed by atoms with Crippen LogP contribution in [0.5, 0.6) is 0 Å². The topological polar surface area (TPSA) is 155 Å². The molecule has 0 aliphatic heterocycles. The van der Waals surface area contributed by atoms with Crippen LogP contribution in [0.25, 0.3) is 0 Å². The van der Waals surface area contributed by atoms with E-state index in [1.54, 1.807) is 0 Å². The summed E-state index contributed by atoms with van der Waals surface area (Å²) in [6, 6.07) is 4.77. The lowest BCUT2D eigenvalue weighted by Gasteiger charge is -2.30. The van der Waals surface area contributed by atoms with Gasteiger partial charge in [-0.3, -0.25) is 19.7 Å². The Morgan fingerprint density at radius 1 is 1.15 bits per heavy atom. The fourth-order valence-electron chi connectivity index (χ4n) is 3.24. The average molecular weight is 400 g/mol. The van der Waals surface area contributed by atoms with E-state index >= 15 is 0 Å². The van der Waals surface area contributed by atoms with E-state index in [1.807, 2.05) is 0 Å². The Labute approximate surface area is 155 Å². The van der Waals surface area contributed by atoms with Gasteiger partial charge in [0, 0.05) is 12.6 Å². The zero-order valence-electron chi connectivity index (χ0n) is 14.4. The smallest absolute Gasteiger partial charge is 0.318 e. The summed E-state index contributed by atoms with van der Waals surface area (Å²) in [6.07, 6.45) is 1.65. The molecule has 1 saturated carbocycles. The second kappa shape index (κ2) is 8.44. The fourth-order valence-corrected chi connectivity index (χ4v) is 4.87. The Bertz CT molecular complexity index is 831. The van der Waals surface area contributed by atoms with E-state index < -0.39 is 49.9 Å². The Kier molecular flexibility index (Phi) is 6.50. The van der Waals surface area contributed by atoms with E-state index in [-0.39, 0.29) is 12.5 Å². The quantitative estimate of drug-likeness (QED) is 0.492. The molecule has 0 unspecified atom stereocenters. The third kappa shape index (κ3) is 5.01. The molecule has 0 amide bonds. The first kappa shape index (κ1) is 20.8. The number of nitro groups is 1. The van der Waals surface area contributed by atoms with Crippen molar-refractivity contribution in [3.63, 3.8) is 0 Å². The number of benzene rings is 1. The summed E-state index contributed by atoms with van der Waals surface area (Å²) in [5, 5.41) is 29.3. The molecule has 1 aromatic rings. The molecule has 0 saturated heterocycles. The van der Waals surface area contributed by atoms with Crippen molar-refractivity contribution in [3.05, 3.63) is 34.4 Å². The highest BCUT2D eigenvalue weighted by molar-refractivity contribution is 7.89. The van der Waals surface area contributed by atoms with E-state index in [1.165, 1.54) is 12.1 Å². The van der Waals surface area contributed by atoms with Crippen LogP contribution >= 0.6 is 0 Å². The van der Waals surface area contributed by atoms with Crippen LogP contribution in [0.2, 0.25) is 0 Å². The van der Waals surface area contributed by atoms with Crippen LogP contribution in [-0.4, -0.2) is 52.9 Å². The van der Waals surface area contributed by atoms with Crippen LogP contribution in [0.1, 0.15) is 25.7 Å². The molecule has 10 nitrogen and oxygen atoms in total. The van der Waals surface area contributed by atoms with Crippen LogP contribution in [0.3, 0.4) is 0 Å². The first-order valence-electron chi connectivity index (χ1n) is 8.31. The van der Waals surface area contributed by atoms with Gasteiger partial charge in [-0.25, -0.2) is 8.42 Å². The number of aliphatic carboxylic acids is 2. The maximum atomic E-state index is 12.9. The van der Waals surface area contributed by atoms with Gasteiger partial charge in [0.25, 0.3) is 5.69 Å². The number of carboxylic acid groups (broad SMARTS) is 2. The van der Waals surface area contributed by atoms with Gasteiger partial charge in [-0.1, -0.05) is 12.1 Å². The highest BCUT2D eigenvalue weighted by Crippen LogP contribution is 2.32. The molecule has 0 radical (unpaired) electrons. The van der Waals surface area contributed by atoms with Crippen molar-refractivity contribution in [3.8, 4) is 0 Å². The lowest BCUT2D eigenvalue weighted by atomic mass is 9.82. The van der Waals surface area contributed by atoms with Gasteiger partial charge < -0.3 is 10.2 Å². The molecular weight excluding hydrogens is 380 g/mol. The first-order chi connectivity index (χ1) is 12.6. The number of rotatable bonds is 8. The molecule has 1 aliphatic carbocycles. The minimum Gasteiger partial charge on any atom is -0.481 e. The summed E-state index contributed by atoms with van der Waals surface area (Å²) >= 11 is 0. The fraction of sp³-hybridized carbons (Fsp3) is 0.500. The normalized spacial score (nSPS) is 20.3. The highest BCUT2D eigenvalue weighted by Gasteiger charge is 2.35. The van der Waals surface area contributed by atoms with E-state index in [2.05, 4.69) is 0 Å². The largest absolute Gasteiger partial charge is 0.481 e. The molecule has 1 aliphatic rings. The molecule has 0 aromatic heterocycles. The van der Waals surface area contributed by atoms with Crippen LogP contribution in [0.4, 0.5) is 5.69 Å². The van der Waals surface area contributed by atoms with Crippen LogP contribution in [0.15, 0.2) is 29.2 Å². The third-order valence-electron chi connectivity index (χ3n) is 4.65. The van der Waals surface area contributed by atoms with Crippen molar-refractivity contribution in [2.75, 3.05) is 13.1 Å². The molecule has 2 N–H and O–H groups in total. The van der Waals surface area contributed by atoms with Gasteiger partial charge in [0.15, 0.2) is 4.90 Å². The SMILES string of the molecule is O=C(O)CN(CC1CCC(C(=O)O)CC1)S(=O)(=O)c1ccccc1[N+](=O)[O-]. The van der Waals surface area contributed by atoms with Gasteiger partial charge in [0.1, 0.15) is 6.54 Å². The zero-order valence-corrected chi connectivity index (χ0v) is 15.2. The van der Waals surface area contributed by atoms with Crippen molar-refractivity contribution in [1.82, 2.24) is 4.31 Å². The molecule has 1 aromatic carbocycles. The predicted octanol–water partition coefficient (Wildman–Crippen LogP) is 1.56. The lowest BCUT2D eigenvalue weighted by molar-refractivity contribution is -0.387. The summed E-state index contributed by atoms with van der Waals surface area (Å²) < 4.78 is 26.5. The van der Waals surface area contributed by atoms with Gasteiger partial charge in [0.05, 0.1) is 10.8 Å². The van der Waals surface area contributed by atoms with E-state index in [4.69, 9.17) is 10.2 Å². The van der Waals surface area contributed by atoms with Crippen molar-refractivity contribution in [2.24, 2.45) is 11.8 Å². The van der Waals surface area contributed by atoms with Crippen LogP contribution in [-0.2, 0) is 19.6 Å². The molecule has 0 atom stereocenters. The van der Waals surface area contributed by atoms with Crippen molar-refractivity contribution in [2.45, 2.75) is 30.6 Å². The number of nitro benzene ring substituents is 1. The van der Waals surface area contributed by atoms with Gasteiger partial charge in [-0.2, -0.15) is 4.31 Å². The summed E-state index contributed by atoms with van der Waals surface area (Å²) in [4.78, 5) is 32.0. The maximum Gasteiger partial charge on any atom is 0.318 e. The molecule has 27 heavy (non-hydrogen) atoms. The molecule has 2 rings (SSSR count). The van der Waals surface area contributed by atoms with E-state index in [0.29, 0.717) is 25.7 Å². The summed E-state index contributed by atoms with van der Waals surface area (Å²) in [7, 11) is -4.41. The minimum absolute atomic E-state index is 0.132. The molecule has 1 fully saturated rings. The Hall–Kier alpha value is -2.53. The number of para-hydroxylation sites is 1. The van der Waals surface area contributed by atoms with Gasteiger partial charge >= 0.3 is 11.9 Å². The summed E-state index contributed by atoms with van der Waals surface area (Å²) in [6.45, 7) is -0.958. The number of nitrogens with zero attached hydrogens (tertiary/aromatic N) is 2. The predicted molar refractivity (Wildman–Crippen MR) is 92.6 cm³/mol. The second-order valence-electron chi connectivity index (χ2n) is 6.47. The maximum absolute atomic E-state index is 12.9. The molecule has 0 bridgehead atoms. The second-order valence-corrected chi connectivity index (χ2v) is 8.38. The first-order valence-corrected chi connectivity index (χ1v) is 9.75. The van der Waals surface area contributed by atoms with E-state index in [9.17, 15) is 28.1 Å². The van der Waals surface area contributed by atoms with Crippen molar-refractivity contribution >= 4 is 27.6 Å². The Balaban J connectivity index is 2.27. The average Bonchev–Trinajstić information content (AvgIpc) is 2.61. The highest BCUT2D eigenvalue weighted by atomic mass is 32.2. The van der Waals surface area contributed by atoms with Gasteiger partial charge in [-0.15, -0.1) is 0 Å². The number of hydrogen-bond acceptors (Lipinski definition) is 6. The number of hydrogen-bond donors (Lipinski definition) is 2. The molecule has 11 heteroatoms. The number of carboxylic acids is 2. The van der Waals surface area contributed by atoms with Crippen molar-refractivity contribution in [1.29, 1.82) is 0 Å². The zero-order chi connectivity index (χ0) is 20.2. The standard InChI is InChI=1S/C16H20N2O8S/c19-15(20)10-17(9-11-5-7-12(8-6-11)16(21)22)27(25,26)14-4-2-1-3-13(14)18(23)24/h1-4,11-12H,5-10H2,(H,19,20)(H,21,22). The Morgan fingerprint density at radius 2 is 1.74 bits per heavy atom. The van der Waals surface area contributed by atoms with Crippen molar-refractivity contribution < 1.29 is 33.1 Å². The van der Waals surface area contributed by atoms with E-state index in [0.717, 1.165) is 16.4 Å². The van der Waals surface area contributed by atoms with Crippen LogP contribution in [0, 0.1) is 22.0 Å². The summed E-state index contributed by atoms with van der Waals surface area (Å²) in [5.41, 5.74) is -0.623. The summed E-state index contributed by atoms with van der Waals surface area (Å²) in [5.74, 6) is -2.97. The van der Waals surface area contributed by atoms with Crippen LogP contribution < -0.4 is 0 Å². The van der Waals surface area contributed by atoms with Gasteiger partial charge in [0.2, 0.25) is 10.0 Å². The molecule has 0 spiro atoms.